The van der Waals surface area contributed by atoms with Gasteiger partial charge in [-0.1, -0.05) is 11.6 Å². The second-order valence-corrected chi connectivity index (χ2v) is 5.48. The van der Waals surface area contributed by atoms with Gasteiger partial charge in [0.1, 0.15) is 11.1 Å². The van der Waals surface area contributed by atoms with Crippen LogP contribution in [0.4, 0.5) is 5.00 Å². The fourth-order valence-corrected chi connectivity index (χ4v) is 2.64. The van der Waals surface area contributed by atoms with Gasteiger partial charge in [-0.2, -0.15) is 5.26 Å². The molecule has 5 heteroatoms. The molecule has 1 aromatic carbocycles. The summed E-state index contributed by atoms with van der Waals surface area (Å²) in [5.74, 6) is -0.218. The smallest absolute Gasteiger partial charge is 0.257 e. The van der Waals surface area contributed by atoms with E-state index >= 15 is 0 Å². The maximum atomic E-state index is 12.1. The molecule has 0 aliphatic rings. The lowest BCUT2D eigenvalue weighted by atomic mass is 10.1. The van der Waals surface area contributed by atoms with E-state index in [1.807, 2.05) is 25.1 Å². The molecule has 90 valence electrons. The molecule has 3 nitrogen and oxygen atoms in total. The van der Waals surface area contributed by atoms with E-state index in [1.165, 1.54) is 11.3 Å². The number of anilines is 1. The molecule has 0 spiro atoms. The minimum absolute atomic E-state index is 0.218. The van der Waals surface area contributed by atoms with E-state index in [0.717, 1.165) is 10.0 Å². The van der Waals surface area contributed by atoms with Crippen LogP contribution in [-0.2, 0) is 0 Å². The molecular formula is C13H9BrN2OS. The van der Waals surface area contributed by atoms with Crippen LogP contribution in [0.15, 0.2) is 34.1 Å². The molecular weight excluding hydrogens is 312 g/mol. The van der Waals surface area contributed by atoms with Crippen LogP contribution < -0.4 is 5.32 Å². The average Bonchev–Trinajstić information content (AvgIpc) is 2.79. The van der Waals surface area contributed by atoms with Crippen molar-refractivity contribution in [3.63, 3.8) is 0 Å². The van der Waals surface area contributed by atoms with E-state index in [1.54, 1.807) is 17.5 Å². The second-order valence-electron chi connectivity index (χ2n) is 3.71. The molecule has 1 N–H and O–H groups in total. The quantitative estimate of drug-likeness (QED) is 0.911. The number of hydrogen-bond acceptors (Lipinski definition) is 3. The molecule has 2 aromatic rings. The molecule has 0 saturated carbocycles. The van der Waals surface area contributed by atoms with E-state index in [-0.39, 0.29) is 5.91 Å². The largest absolute Gasteiger partial charge is 0.312 e. The number of rotatable bonds is 2. The highest BCUT2D eigenvalue weighted by molar-refractivity contribution is 9.10. The van der Waals surface area contributed by atoms with Gasteiger partial charge in [0.2, 0.25) is 0 Å². The zero-order chi connectivity index (χ0) is 13.1. The standard InChI is InChI=1S/C13H9BrN2OS/c1-8-2-3-11(14)10(6-8)12(17)16-13-9(7-15)4-5-18-13/h2-6H,1H3,(H,16,17). The van der Waals surface area contributed by atoms with Crippen molar-refractivity contribution in [2.24, 2.45) is 0 Å². The number of halogens is 1. The van der Waals surface area contributed by atoms with Crippen molar-refractivity contribution >= 4 is 38.2 Å². The van der Waals surface area contributed by atoms with Gasteiger partial charge in [0.15, 0.2) is 0 Å². The van der Waals surface area contributed by atoms with Gasteiger partial charge < -0.3 is 5.32 Å². The van der Waals surface area contributed by atoms with Crippen LogP contribution in [0.3, 0.4) is 0 Å². The maximum absolute atomic E-state index is 12.1. The average molecular weight is 321 g/mol. The molecule has 0 fully saturated rings. The number of aryl methyl sites for hydroxylation is 1. The molecule has 0 bridgehead atoms. The van der Waals surface area contributed by atoms with Gasteiger partial charge in [0.05, 0.1) is 11.1 Å². The molecule has 1 amide bonds. The van der Waals surface area contributed by atoms with E-state index < -0.39 is 0 Å². The topological polar surface area (TPSA) is 52.9 Å². The predicted molar refractivity (Wildman–Crippen MR) is 75.9 cm³/mol. The summed E-state index contributed by atoms with van der Waals surface area (Å²) in [6.07, 6.45) is 0. The van der Waals surface area contributed by atoms with Crippen molar-refractivity contribution in [2.45, 2.75) is 6.92 Å². The van der Waals surface area contributed by atoms with Crippen LogP contribution in [0.5, 0.6) is 0 Å². The van der Waals surface area contributed by atoms with Crippen LogP contribution in [0.25, 0.3) is 0 Å². The zero-order valence-corrected chi connectivity index (χ0v) is 11.9. The molecule has 1 aromatic heterocycles. The third-order valence-electron chi connectivity index (χ3n) is 2.38. The summed E-state index contributed by atoms with van der Waals surface area (Å²) < 4.78 is 0.737. The summed E-state index contributed by atoms with van der Waals surface area (Å²) in [5, 5.41) is 14.0. The van der Waals surface area contributed by atoms with Gasteiger partial charge >= 0.3 is 0 Å². The molecule has 0 atom stereocenters. The van der Waals surface area contributed by atoms with E-state index in [9.17, 15) is 4.79 Å². The highest BCUT2D eigenvalue weighted by Crippen LogP contribution is 2.25. The number of thiophene rings is 1. The Labute approximate surface area is 117 Å². The van der Waals surface area contributed by atoms with Crippen LogP contribution in [0, 0.1) is 18.3 Å². The lowest BCUT2D eigenvalue weighted by Crippen LogP contribution is -2.12. The van der Waals surface area contributed by atoms with Crippen LogP contribution >= 0.6 is 27.3 Å². The third-order valence-corrected chi connectivity index (χ3v) is 3.90. The monoisotopic (exact) mass is 320 g/mol. The summed E-state index contributed by atoms with van der Waals surface area (Å²) in [6, 6.07) is 9.29. The van der Waals surface area contributed by atoms with Gasteiger partial charge in [0.25, 0.3) is 5.91 Å². The maximum Gasteiger partial charge on any atom is 0.257 e. The van der Waals surface area contributed by atoms with Crippen molar-refractivity contribution in [1.82, 2.24) is 0 Å². The lowest BCUT2D eigenvalue weighted by molar-refractivity contribution is 0.102. The summed E-state index contributed by atoms with van der Waals surface area (Å²) in [5.41, 5.74) is 2.06. The van der Waals surface area contributed by atoms with Gasteiger partial charge in [-0.3, -0.25) is 4.79 Å². The molecule has 1 heterocycles. The van der Waals surface area contributed by atoms with Crippen molar-refractivity contribution in [3.8, 4) is 6.07 Å². The minimum atomic E-state index is -0.218. The summed E-state index contributed by atoms with van der Waals surface area (Å²) in [4.78, 5) is 12.1. The number of nitrogens with one attached hydrogen (secondary N) is 1. The number of carbonyl (C=O) groups excluding carboxylic acids is 1. The first-order chi connectivity index (χ1) is 8.61. The molecule has 18 heavy (non-hydrogen) atoms. The Morgan fingerprint density at radius 1 is 1.44 bits per heavy atom. The summed E-state index contributed by atoms with van der Waals surface area (Å²) in [7, 11) is 0. The first-order valence-corrected chi connectivity index (χ1v) is 6.84. The highest BCUT2D eigenvalue weighted by Gasteiger charge is 2.13. The number of carbonyl (C=O) groups is 1. The molecule has 0 aliphatic heterocycles. The summed E-state index contributed by atoms with van der Waals surface area (Å²) >= 11 is 4.69. The minimum Gasteiger partial charge on any atom is -0.312 e. The zero-order valence-electron chi connectivity index (χ0n) is 9.53. The van der Waals surface area contributed by atoms with Crippen molar-refractivity contribution in [3.05, 3.63) is 50.8 Å². The summed E-state index contributed by atoms with van der Waals surface area (Å²) in [6.45, 7) is 1.93. The number of hydrogen-bond donors (Lipinski definition) is 1. The third kappa shape index (κ3) is 2.61. The van der Waals surface area contributed by atoms with Crippen molar-refractivity contribution in [2.75, 3.05) is 5.32 Å². The van der Waals surface area contributed by atoms with Crippen LogP contribution in [0.2, 0.25) is 0 Å². The Hall–Kier alpha value is -1.64. The highest BCUT2D eigenvalue weighted by atomic mass is 79.9. The Kier molecular flexibility index (Phi) is 3.80. The van der Waals surface area contributed by atoms with Gasteiger partial charge in [-0.15, -0.1) is 11.3 Å². The van der Waals surface area contributed by atoms with E-state index in [2.05, 4.69) is 21.2 Å². The molecule has 0 aliphatic carbocycles. The van der Waals surface area contributed by atoms with E-state index in [0.29, 0.717) is 16.1 Å². The Morgan fingerprint density at radius 3 is 2.94 bits per heavy atom. The van der Waals surface area contributed by atoms with Crippen LogP contribution in [0.1, 0.15) is 21.5 Å². The predicted octanol–water partition coefficient (Wildman–Crippen LogP) is 3.94. The SMILES string of the molecule is Cc1ccc(Br)c(C(=O)Nc2sccc2C#N)c1. The number of benzene rings is 1. The van der Waals surface area contributed by atoms with Gasteiger partial charge in [-0.25, -0.2) is 0 Å². The second kappa shape index (κ2) is 5.34. The molecule has 2 rings (SSSR count). The number of amides is 1. The van der Waals surface area contributed by atoms with Crippen molar-refractivity contribution in [1.29, 1.82) is 5.26 Å². The fourth-order valence-electron chi connectivity index (χ4n) is 1.48. The molecule has 0 saturated heterocycles. The first-order valence-electron chi connectivity index (χ1n) is 5.17. The van der Waals surface area contributed by atoms with E-state index in [4.69, 9.17) is 5.26 Å². The Balaban J connectivity index is 2.28. The van der Waals surface area contributed by atoms with Crippen LogP contribution in [-0.4, -0.2) is 5.91 Å². The lowest BCUT2D eigenvalue weighted by Gasteiger charge is -2.06. The van der Waals surface area contributed by atoms with Gasteiger partial charge in [0, 0.05) is 4.47 Å². The normalized spacial score (nSPS) is 9.83. The Bertz CT molecular complexity index is 643. The van der Waals surface area contributed by atoms with Crippen molar-refractivity contribution < 1.29 is 4.79 Å². The Morgan fingerprint density at radius 2 is 2.22 bits per heavy atom. The first kappa shape index (κ1) is 12.8. The molecule has 0 radical (unpaired) electrons. The molecule has 0 unspecified atom stereocenters. The van der Waals surface area contributed by atoms with Gasteiger partial charge in [-0.05, 0) is 46.4 Å². The fraction of sp³-hybridized carbons (Fsp3) is 0.0769. The number of nitriles is 1. The number of nitrogens with zero attached hydrogens (tertiary/aromatic N) is 1.